The standard InChI is InChI=1S/C13H26NO5P/c1-18-20(16,17)19-11-7-3-2-6-10-14-13(15)12-8-4-5-9-12/h12H,2-11H2,1H3,(H,14,15)(H,16,17). The number of hydrogen-bond donors (Lipinski definition) is 2. The largest absolute Gasteiger partial charge is 0.471 e. The van der Waals surface area contributed by atoms with Crippen LogP contribution in [0.4, 0.5) is 0 Å². The Morgan fingerprint density at radius 2 is 1.90 bits per heavy atom. The fourth-order valence-electron chi connectivity index (χ4n) is 2.36. The number of phosphoric acid groups is 1. The second-order valence-electron chi connectivity index (χ2n) is 5.17. The first-order valence-corrected chi connectivity index (χ1v) is 8.85. The van der Waals surface area contributed by atoms with E-state index in [1.807, 2.05) is 0 Å². The average Bonchev–Trinajstić information content (AvgIpc) is 2.95. The SMILES string of the molecule is COP(=O)(O)OCCCCCCNC(=O)C1CCCC1. The monoisotopic (exact) mass is 307 g/mol. The van der Waals surface area contributed by atoms with Crippen LogP contribution in [0.3, 0.4) is 0 Å². The van der Waals surface area contributed by atoms with Crippen LogP contribution >= 0.6 is 7.82 Å². The van der Waals surface area contributed by atoms with E-state index >= 15 is 0 Å². The van der Waals surface area contributed by atoms with Crippen molar-refractivity contribution in [1.29, 1.82) is 0 Å². The minimum absolute atomic E-state index is 0.201. The molecule has 1 atom stereocenters. The van der Waals surface area contributed by atoms with Gasteiger partial charge in [0, 0.05) is 19.6 Å². The van der Waals surface area contributed by atoms with Crippen molar-refractivity contribution < 1.29 is 23.3 Å². The summed E-state index contributed by atoms with van der Waals surface area (Å²) in [6.07, 6.45) is 7.93. The molecule has 0 aromatic carbocycles. The zero-order chi connectivity index (χ0) is 14.8. The third-order valence-electron chi connectivity index (χ3n) is 3.58. The summed E-state index contributed by atoms with van der Waals surface area (Å²) >= 11 is 0. The smallest absolute Gasteiger partial charge is 0.356 e. The molecule has 1 rings (SSSR count). The Kier molecular flexibility index (Phi) is 8.38. The number of carbonyl (C=O) groups is 1. The molecular formula is C13H26NO5P. The Balaban J connectivity index is 1.90. The van der Waals surface area contributed by atoms with Gasteiger partial charge in [-0.1, -0.05) is 25.7 Å². The summed E-state index contributed by atoms with van der Waals surface area (Å²) < 4.78 is 20.0. The van der Waals surface area contributed by atoms with Crippen LogP contribution in [0, 0.1) is 5.92 Å². The van der Waals surface area contributed by atoms with Gasteiger partial charge in [0.2, 0.25) is 5.91 Å². The molecule has 1 amide bonds. The molecule has 20 heavy (non-hydrogen) atoms. The van der Waals surface area contributed by atoms with Gasteiger partial charge in [-0.3, -0.25) is 13.8 Å². The van der Waals surface area contributed by atoms with Crippen LogP contribution in [-0.4, -0.2) is 31.1 Å². The summed E-state index contributed by atoms with van der Waals surface area (Å²) in [5.41, 5.74) is 0. The molecule has 0 saturated heterocycles. The number of unbranched alkanes of at least 4 members (excludes halogenated alkanes) is 3. The van der Waals surface area contributed by atoms with E-state index in [-0.39, 0.29) is 18.4 Å². The lowest BCUT2D eigenvalue weighted by Crippen LogP contribution is -2.30. The molecule has 1 aliphatic rings. The van der Waals surface area contributed by atoms with Crippen LogP contribution in [0.5, 0.6) is 0 Å². The van der Waals surface area contributed by atoms with Crippen LogP contribution in [-0.2, 0) is 18.4 Å². The highest BCUT2D eigenvalue weighted by Crippen LogP contribution is 2.41. The molecule has 0 aliphatic heterocycles. The van der Waals surface area contributed by atoms with Gasteiger partial charge < -0.3 is 10.2 Å². The van der Waals surface area contributed by atoms with E-state index < -0.39 is 7.82 Å². The first-order valence-electron chi connectivity index (χ1n) is 7.36. The fourth-order valence-corrected chi connectivity index (χ4v) is 2.82. The quantitative estimate of drug-likeness (QED) is 0.479. The maximum atomic E-state index is 11.7. The molecule has 1 saturated carbocycles. The Morgan fingerprint density at radius 1 is 1.25 bits per heavy atom. The van der Waals surface area contributed by atoms with Crippen molar-refractivity contribution in [3.63, 3.8) is 0 Å². The topological polar surface area (TPSA) is 84.9 Å². The highest BCUT2D eigenvalue weighted by atomic mass is 31.2. The summed E-state index contributed by atoms with van der Waals surface area (Å²) in [4.78, 5) is 20.7. The Labute approximate surface area is 120 Å². The summed E-state index contributed by atoms with van der Waals surface area (Å²) in [5.74, 6) is 0.434. The zero-order valence-electron chi connectivity index (χ0n) is 12.2. The van der Waals surface area contributed by atoms with Gasteiger partial charge in [0.1, 0.15) is 0 Å². The molecule has 0 heterocycles. The molecule has 118 valence electrons. The van der Waals surface area contributed by atoms with Crippen LogP contribution in [0.25, 0.3) is 0 Å². The van der Waals surface area contributed by atoms with Crippen molar-refractivity contribution in [2.24, 2.45) is 5.92 Å². The molecule has 0 aromatic heterocycles. The molecule has 0 radical (unpaired) electrons. The van der Waals surface area contributed by atoms with Crippen LogP contribution in [0.2, 0.25) is 0 Å². The highest BCUT2D eigenvalue weighted by Gasteiger charge is 2.21. The van der Waals surface area contributed by atoms with Crippen molar-refractivity contribution in [2.45, 2.75) is 51.4 Å². The summed E-state index contributed by atoms with van der Waals surface area (Å²) in [5, 5.41) is 2.97. The highest BCUT2D eigenvalue weighted by molar-refractivity contribution is 7.47. The average molecular weight is 307 g/mol. The molecule has 1 aliphatic carbocycles. The van der Waals surface area contributed by atoms with Gasteiger partial charge in [-0.2, -0.15) is 0 Å². The summed E-state index contributed by atoms with van der Waals surface area (Å²) in [6, 6.07) is 0. The van der Waals surface area contributed by atoms with E-state index in [9.17, 15) is 9.36 Å². The number of amides is 1. The predicted octanol–water partition coefficient (Wildman–Crippen LogP) is 2.62. The summed E-state index contributed by atoms with van der Waals surface area (Å²) in [6.45, 7) is 0.933. The van der Waals surface area contributed by atoms with Gasteiger partial charge in [0.05, 0.1) is 6.61 Å². The zero-order valence-corrected chi connectivity index (χ0v) is 13.1. The molecule has 7 heteroatoms. The number of phosphoric ester groups is 1. The molecule has 0 spiro atoms. The lowest BCUT2D eigenvalue weighted by atomic mass is 10.1. The van der Waals surface area contributed by atoms with Gasteiger partial charge in [0.15, 0.2) is 0 Å². The minimum Gasteiger partial charge on any atom is -0.356 e. The molecule has 1 fully saturated rings. The number of hydrogen-bond acceptors (Lipinski definition) is 4. The Morgan fingerprint density at radius 3 is 2.55 bits per heavy atom. The van der Waals surface area contributed by atoms with Crippen molar-refractivity contribution in [2.75, 3.05) is 20.3 Å². The summed E-state index contributed by atoms with van der Waals surface area (Å²) in [7, 11) is -2.67. The van der Waals surface area contributed by atoms with Crippen molar-refractivity contribution in [3.8, 4) is 0 Å². The maximum Gasteiger partial charge on any atom is 0.471 e. The Bertz CT molecular complexity index is 331. The first kappa shape index (κ1) is 17.6. The van der Waals surface area contributed by atoms with Crippen molar-refractivity contribution >= 4 is 13.7 Å². The van der Waals surface area contributed by atoms with E-state index in [1.165, 1.54) is 12.8 Å². The van der Waals surface area contributed by atoms with Crippen LogP contribution < -0.4 is 5.32 Å². The third kappa shape index (κ3) is 7.39. The molecular weight excluding hydrogens is 281 g/mol. The van der Waals surface area contributed by atoms with Crippen molar-refractivity contribution in [3.05, 3.63) is 0 Å². The molecule has 6 nitrogen and oxygen atoms in total. The fraction of sp³-hybridized carbons (Fsp3) is 0.923. The van der Waals surface area contributed by atoms with Gasteiger partial charge in [-0.15, -0.1) is 0 Å². The van der Waals surface area contributed by atoms with Crippen LogP contribution in [0.15, 0.2) is 0 Å². The molecule has 0 aromatic rings. The number of rotatable bonds is 10. The van der Waals surface area contributed by atoms with E-state index in [0.29, 0.717) is 13.0 Å². The second-order valence-corrected chi connectivity index (χ2v) is 6.73. The van der Waals surface area contributed by atoms with E-state index in [1.54, 1.807) is 0 Å². The molecule has 2 N–H and O–H groups in total. The lowest BCUT2D eigenvalue weighted by molar-refractivity contribution is -0.124. The third-order valence-corrected chi connectivity index (χ3v) is 4.55. The van der Waals surface area contributed by atoms with E-state index in [4.69, 9.17) is 9.42 Å². The van der Waals surface area contributed by atoms with Gasteiger partial charge in [0.25, 0.3) is 0 Å². The number of carbonyl (C=O) groups excluding carboxylic acids is 1. The number of nitrogens with one attached hydrogen (secondary N) is 1. The Hall–Kier alpha value is -0.420. The minimum atomic E-state index is -3.82. The second kappa shape index (κ2) is 9.50. The van der Waals surface area contributed by atoms with E-state index in [2.05, 4.69) is 9.84 Å². The van der Waals surface area contributed by atoms with Crippen molar-refractivity contribution in [1.82, 2.24) is 5.32 Å². The normalized spacial score (nSPS) is 18.9. The lowest BCUT2D eigenvalue weighted by Gasteiger charge is -2.10. The van der Waals surface area contributed by atoms with E-state index in [0.717, 1.165) is 39.2 Å². The molecule has 0 bridgehead atoms. The van der Waals surface area contributed by atoms with Gasteiger partial charge in [-0.25, -0.2) is 4.57 Å². The first-order chi connectivity index (χ1) is 9.55. The predicted molar refractivity (Wildman–Crippen MR) is 76.2 cm³/mol. The maximum absolute atomic E-state index is 11.7. The molecule has 1 unspecified atom stereocenters. The van der Waals surface area contributed by atoms with Crippen LogP contribution in [0.1, 0.15) is 51.4 Å². The van der Waals surface area contributed by atoms with Gasteiger partial charge in [-0.05, 0) is 25.7 Å². The van der Waals surface area contributed by atoms with Gasteiger partial charge >= 0.3 is 7.82 Å².